The molecule has 2 aromatic rings. The van der Waals surface area contributed by atoms with E-state index in [9.17, 15) is 0 Å². The predicted molar refractivity (Wildman–Crippen MR) is 145 cm³/mol. The maximum absolute atomic E-state index is 5.59. The summed E-state index contributed by atoms with van der Waals surface area (Å²) in [6, 6.07) is 16.4. The van der Waals surface area contributed by atoms with Crippen LogP contribution in [-0.4, -0.2) is 4.21 Å². The van der Waals surface area contributed by atoms with E-state index in [-0.39, 0.29) is 24.8 Å². The zero-order valence-corrected chi connectivity index (χ0v) is 23.8. The summed E-state index contributed by atoms with van der Waals surface area (Å²) in [6.07, 6.45) is 18.5. The molecule has 0 aliphatic heterocycles. The molecule has 174 valence electrons. The first-order valence-electron chi connectivity index (χ1n) is 12.6. The van der Waals surface area contributed by atoms with Gasteiger partial charge in [-0.2, -0.15) is 0 Å². The van der Waals surface area contributed by atoms with E-state index in [0.29, 0.717) is 3.12 Å². The van der Waals surface area contributed by atoms with Crippen LogP contribution in [0, 0.1) is 17.8 Å². The standard InChI is InChI=1S/C13H9.C10H15.C5H5.CH3.CH2.2ClH.Zr/c1-3-7-12-10(5-1)9-11-6-2-4-8-13(11)12;1-7-2-9-4-8(1)5-10(3-7)6-9;1-2-4-5-3-1;;;;;/h1-5,7-8H,9H2;7-9H,1-6H2;1-3H,4H2;1H3;1H2;2*1H;. The van der Waals surface area contributed by atoms with Gasteiger partial charge in [-0.25, -0.2) is 0 Å². The third kappa shape index (κ3) is 3.01. The van der Waals surface area contributed by atoms with Gasteiger partial charge in [-0.05, 0) is 0 Å². The number of hydrogen-bond acceptors (Lipinski definition) is 0. The molecular weight excluding hydrogens is 522 g/mol. The fourth-order valence-electron chi connectivity index (χ4n) is 9.48. The molecule has 4 fully saturated rings. The first kappa shape index (κ1) is 24.0. The van der Waals surface area contributed by atoms with E-state index in [1.54, 1.807) is 12.1 Å². The Morgan fingerprint density at radius 1 is 0.848 bits per heavy atom. The Bertz CT molecular complexity index is 1210. The molecule has 0 amide bonds. The van der Waals surface area contributed by atoms with Gasteiger partial charge in [0.1, 0.15) is 0 Å². The van der Waals surface area contributed by atoms with E-state index in [1.165, 1.54) is 55.2 Å². The summed E-state index contributed by atoms with van der Waals surface area (Å²) in [4.78, 5) is 0. The molecule has 4 bridgehead atoms. The first-order chi connectivity index (χ1) is 15.0. The van der Waals surface area contributed by atoms with Gasteiger partial charge in [-0.1, -0.05) is 0 Å². The second kappa shape index (κ2) is 7.88. The molecule has 6 aliphatic carbocycles. The van der Waals surface area contributed by atoms with E-state index in [2.05, 4.69) is 65.3 Å². The van der Waals surface area contributed by atoms with E-state index < -0.39 is 18.3 Å². The van der Waals surface area contributed by atoms with Crippen molar-refractivity contribution < 1.29 is 18.3 Å². The molecule has 0 N–H and O–H groups in total. The quantitative estimate of drug-likeness (QED) is 0.305. The van der Waals surface area contributed by atoms with Crippen molar-refractivity contribution in [1.82, 2.24) is 0 Å². The van der Waals surface area contributed by atoms with E-state index in [4.69, 9.17) is 4.21 Å². The van der Waals surface area contributed by atoms with Gasteiger partial charge >= 0.3 is 189 Å². The van der Waals surface area contributed by atoms with Crippen molar-refractivity contribution in [2.24, 2.45) is 17.8 Å². The van der Waals surface area contributed by atoms with Crippen LogP contribution < -0.4 is 3.27 Å². The summed E-state index contributed by atoms with van der Waals surface area (Å²) in [7, 11) is 0. The van der Waals surface area contributed by atoms with Crippen LogP contribution in [0.15, 0.2) is 64.0 Å². The Kier molecular flexibility index (Phi) is 5.72. The second-order valence-corrected chi connectivity index (χ2v) is 27.6. The topological polar surface area (TPSA) is 0 Å². The van der Waals surface area contributed by atoms with Crippen molar-refractivity contribution >= 4 is 32.3 Å². The van der Waals surface area contributed by atoms with E-state index >= 15 is 0 Å². The van der Waals surface area contributed by atoms with Crippen LogP contribution in [0.5, 0.6) is 0 Å². The molecule has 0 unspecified atom stereocenters. The van der Waals surface area contributed by atoms with Gasteiger partial charge in [-0.15, -0.1) is 24.8 Å². The average molecular weight is 559 g/mol. The van der Waals surface area contributed by atoms with Gasteiger partial charge in [0.05, 0.1) is 0 Å². The van der Waals surface area contributed by atoms with Crippen molar-refractivity contribution in [2.45, 2.75) is 59.1 Å². The van der Waals surface area contributed by atoms with Crippen LogP contribution in [0.1, 0.15) is 56.1 Å². The average Bonchev–Trinajstić information content (AvgIpc) is 3.41. The normalized spacial score (nSPS) is 30.8. The van der Waals surface area contributed by atoms with Crippen molar-refractivity contribution in [3.8, 4) is 11.1 Å². The molecule has 2 aromatic carbocycles. The first-order valence-corrected chi connectivity index (χ1v) is 20.5. The minimum atomic E-state index is -3.83. The molecule has 0 nitrogen and oxygen atoms in total. The van der Waals surface area contributed by atoms with Crippen LogP contribution in [0.25, 0.3) is 11.1 Å². The summed E-state index contributed by atoms with van der Waals surface area (Å²) in [5, 5.41) is 0. The number of fused-ring (bicyclic) bond motifs is 3. The summed E-state index contributed by atoms with van der Waals surface area (Å²) < 4.78 is 12.4. The Morgan fingerprint density at radius 3 is 2.12 bits per heavy atom. The van der Waals surface area contributed by atoms with Gasteiger partial charge in [0.15, 0.2) is 0 Å². The molecule has 0 aromatic heterocycles. The Morgan fingerprint density at radius 2 is 1.48 bits per heavy atom. The van der Waals surface area contributed by atoms with Crippen LogP contribution in [-0.2, 0) is 24.7 Å². The third-order valence-corrected chi connectivity index (χ3v) is 29.2. The number of hydrogen-bond donors (Lipinski definition) is 0. The van der Waals surface area contributed by atoms with Gasteiger partial charge in [-0.3, -0.25) is 0 Å². The fourth-order valence-corrected chi connectivity index (χ4v) is 26.5. The zero-order valence-electron chi connectivity index (χ0n) is 19.7. The minimum absolute atomic E-state index is 0. The molecular formula is C30H36Cl2Zr. The number of benzene rings is 2. The molecule has 0 spiro atoms. The summed E-state index contributed by atoms with van der Waals surface area (Å²) in [6.45, 7) is 0. The van der Waals surface area contributed by atoms with Gasteiger partial charge in [0.25, 0.3) is 0 Å². The van der Waals surface area contributed by atoms with Crippen molar-refractivity contribution in [1.29, 1.82) is 0 Å². The number of allylic oxidation sites excluding steroid dienone is 4. The van der Waals surface area contributed by atoms with Crippen LogP contribution in [0.2, 0.25) is 7.75 Å². The SMILES string of the molecule is Cl.Cl.[CH2]=[Zr]([CH3])([C]1=CC=CC1)([c]1cccc2c1Cc1ccccc1-2)[C]12CC3CC(CC(C3)C1)C2. The zero-order chi connectivity index (χ0) is 20.9. The number of halogens is 2. The van der Waals surface area contributed by atoms with Gasteiger partial charge in [0, 0.05) is 0 Å². The van der Waals surface area contributed by atoms with Crippen LogP contribution in [0.4, 0.5) is 0 Å². The molecule has 33 heavy (non-hydrogen) atoms. The molecule has 0 atom stereocenters. The fraction of sp³-hybridized carbons (Fsp3) is 0.433. The summed E-state index contributed by atoms with van der Waals surface area (Å²) in [5.41, 5.74) is 6.15. The van der Waals surface area contributed by atoms with E-state index in [0.717, 1.165) is 30.6 Å². The molecule has 6 aliphatic rings. The van der Waals surface area contributed by atoms with E-state index in [1.807, 2.05) is 0 Å². The van der Waals surface area contributed by atoms with Crippen LogP contribution in [0.3, 0.4) is 0 Å². The van der Waals surface area contributed by atoms with Crippen LogP contribution >= 0.6 is 24.8 Å². The summed E-state index contributed by atoms with van der Waals surface area (Å²) >= 11 is -3.83. The Balaban J connectivity index is 0.00000114. The molecule has 0 radical (unpaired) electrons. The predicted octanol–water partition coefficient (Wildman–Crippen LogP) is 8.13. The third-order valence-electron chi connectivity index (χ3n) is 10.7. The van der Waals surface area contributed by atoms with Crippen molar-refractivity contribution in [3.63, 3.8) is 0 Å². The molecule has 8 rings (SSSR count). The Labute approximate surface area is 212 Å². The summed E-state index contributed by atoms with van der Waals surface area (Å²) in [5.74, 6) is 2.93. The molecule has 0 heterocycles. The van der Waals surface area contributed by atoms with Crippen molar-refractivity contribution in [3.05, 3.63) is 75.1 Å². The Hall–Kier alpha value is -0.747. The maximum atomic E-state index is 5.59. The molecule has 3 heteroatoms. The molecule has 0 saturated heterocycles. The number of rotatable bonds is 3. The van der Waals surface area contributed by atoms with Gasteiger partial charge < -0.3 is 0 Å². The van der Waals surface area contributed by atoms with Crippen molar-refractivity contribution in [2.75, 3.05) is 0 Å². The second-order valence-electron chi connectivity index (χ2n) is 12.2. The van der Waals surface area contributed by atoms with Gasteiger partial charge in [0.2, 0.25) is 0 Å². The monoisotopic (exact) mass is 556 g/mol. The molecule has 4 saturated carbocycles.